The molecule has 0 atom stereocenters. The first-order valence-corrected chi connectivity index (χ1v) is 6.04. The number of halogens is 3. The third kappa shape index (κ3) is 2.83. The van der Waals surface area contributed by atoms with Gasteiger partial charge in [0.25, 0.3) is 0 Å². The molecule has 0 radical (unpaired) electrons. The van der Waals surface area contributed by atoms with Gasteiger partial charge >= 0.3 is 6.18 Å². The quantitative estimate of drug-likeness (QED) is 0.835. The number of fused-ring (bicyclic) bond motifs is 1. The van der Waals surface area contributed by atoms with Gasteiger partial charge in [0, 0.05) is 44.6 Å². The molecule has 2 rings (SSSR count). The molecule has 0 spiro atoms. The Kier molecular flexibility index (Phi) is 4.09. The minimum atomic E-state index is -4.49. The number of rotatable bonds is 5. The minimum absolute atomic E-state index is 0.279. The number of alkyl halides is 3. The van der Waals surface area contributed by atoms with Gasteiger partial charge in [0.1, 0.15) is 5.52 Å². The van der Waals surface area contributed by atoms with Crippen molar-refractivity contribution >= 4 is 11.3 Å². The summed E-state index contributed by atoms with van der Waals surface area (Å²) in [4.78, 5) is 5.87. The number of nitrogens with two attached hydrogens (primary N) is 2. The Morgan fingerprint density at radius 3 is 2.40 bits per heavy atom. The van der Waals surface area contributed by atoms with E-state index in [1.54, 1.807) is 4.90 Å². The molecule has 0 aliphatic heterocycles. The first kappa shape index (κ1) is 14.5. The summed E-state index contributed by atoms with van der Waals surface area (Å²) in [5, 5.41) is 3.51. The van der Waals surface area contributed by atoms with Crippen molar-refractivity contribution in [3.63, 3.8) is 0 Å². The van der Waals surface area contributed by atoms with E-state index in [4.69, 9.17) is 11.5 Å². The molecule has 20 heavy (non-hydrogen) atoms. The van der Waals surface area contributed by atoms with E-state index >= 15 is 0 Å². The fraction of sp³-hybridized carbons (Fsp3) is 0.455. The Balaban J connectivity index is 2.50. The Morgan fingerprint density at radius 1 is 1.20 bits per heavy atom. The fourth-order valence-electron chi connectivity index (χ4n) is 1.93. The van der Waals surface area contributed by atoms with Gasteiger partial charge in [0.05, 0.1) is 0 Å². The molecule has 0 saturated heterocycles. The van der Waals surface area contributed by atoms with Gasteiger partial charge in [-0.1, -0.05) is 0 Å². The van der Waals surface area contributed by atoms with Crippen molar-refractivity contribution in [1.29, 1.82) is 0 Å². The topological polar surface area (TPSA) is 85.5 Å². The van der Waals surface area contributed by atoms with Gasteiger partial charge < -0.3 is 16.4 Å². The Bertz CT molecular complexity index is 573. The molecule has 0 aliphatic rings. The summed E-state index contributed by atoms with van der Waals surface area (Å²) in [5.41, 5.74) is 10.3. The van der Waals surface area contributed by atoms with E-state index in [2.05, 4.69) is 10.1 Å². The van der Waals surface area contributed by atoms with Gasteiger partial charge in [-0.05, 0) is 0 Å². The summed E-state index contributed by atoms with van der Waals surface area (Å²) in [5.74, 6) is 0.395. The number of hydrogen-bond acceptors (Lipinski definition) is 5. The van der Waals surface area contributed by atoms with E-state index < -0.39 is 11.9 Å². The lowest BCUT2D eigenvalue weighted by molar-refractivity contribution is -0.141. The number of aromatic nitrogens is 3. The summed E-state index contributed by atoms with van der Waals surface area (Å²) in [6.45, 7) is 1.61. The van der Waals surface area contributed by atoms with Gasteiger partial charge in [-0.15, -0.1) is 0 Å². The maximum Gasteiger partial charge on any atom is 0.435 e. The summed E-state index contributed by atoms with van der Waals surface area (Å²) in [7, 11) is 0. The summed E-state index contributed by atoms with van der Waals surface area (Å²) >= 11 is 0. The molecule has 0 fully saturated rings. The summed E-state index contributed by atoms with van der Waals surface area (Å²) in [6, 6.07) is 0.975. The van der Waals surface area contributed by atoms with E-state index in [1.165, 1.54) is 12.4 Å². The van der Waals surface area contributed by atoms with Gasteiger partial charge in [-0.25, -0.2) is 9.50 Å². The average molecular weight is 288 g/mol. The average Bonchev–Trinajstić information content (AvgIpc) is 2.82. The third-order valence-electron chi connectivity index (χ3n) is 2.76. The van der Waals surface area contributed by atoms with Crippen LogP contribution in [0, 0.1) is 0 Å². The molecule has 2 heterocycles. The van der Waals surface area contributed by atoms with Crippen molar-refractivity contribution in [3.05, 3.63) is 24.2 Å². The molecule has 0 amide bonds. The highest BCUT2D eigenvalue weighted by atomic mass is 19.4. The van der Waals surface area contributed by atoms with Crippen LogP contribution in [0.2, 0.25) is 0 Å². The second-order valence-electron chi connectivity index (χ2n) is 4.17. The lowest BCUT2D eigenvalue weighted by Gasteiger charge is -2.22. The van der Waals surface area contributed by atoms with Crippen LogP contribution >= 0.6 is 0 Å². The van der Waals surface area contributed by atoms with Crippen molar-refractivity contribution in [1.82, 2.24) is 14.6 Å². The molecule has 110 valence electrons. The highest BCUT2D eigenvalue weighted by Crippen LogP contribution is 2.30. The maximum absolute atomic E-state index is 12.7. The number of nitrogens with zero attached hydrogens (tertiary/aromatic N) is 4. The van der Waals surface area contributed by atoms with Crippen molar-refractivity contribution in [2.24, 2.45) is 11.5 Å². The summed E-state index contributed by atoms with van der Waals surface area (Å²) in [6.07, 6.45) is -1.72. The molecule has 0 saturated carbocycles. The number of anilines is 1. The zero-order valence-corrected chi connectivity index (χ0v) is 10.6. The van der Waals surface area contributed by atoms with E-state index in [-0.39, 0.29) is 5.52 Å². The first-order chi connectivity index (χ1) is 9.47. The van der Waals surface area contributed by atoms with Gasteiger partial charge in [-0.2, -0.15) is 18.3 Å². The van der Waals surface area contributed by atoms with Crippen LogP contribution in [0.1, 0.15) is 5.69 Å². The largest absolute Gasteiger partial charge is 0.435 e. The Labute approximate surface area is 113 Å². The molecule has 4 N–H and O–H groups in total. The molecular weight excluding hydrogens is 273 g/mol. The smallest absolute Gasteiger partial charge is 0.352 e. The lowest BCUT2D eigenvalue weighted by Crippen LogP contribution is -2.34. The molecule has 9 heteroatoms. The van der Waals surface area contributed by atoms with Crippen LogP contribution in [0.3, 0.4) is 0 Å². The highest BCUT2D eigenvalue weighted by Gasteiger charge is 2.34. The van der Waals surface area contributed by atoms with E-state index in [0.29, 0.717) is 32.0 Å². The molecular formula is C11H15F3N6. The lowest BCUT2D eigenvalue weighted by atomic mass is 10.3. The second kappa shape index (κ2) is 5.63. The van der Waals surface area contributed by atoms with Crippen molar-refractivity contribution < 1.29 is 13.2 Å². The normalized spacial score (nSPS) is 12.1. The zero-order chi connectivity index (χ0) is 14.8. The van der Waals surface area contributed by atoms with Crippen LogP contribution in [-0.2, 0) is 6.18 Å². The molecule has 2 aromatic rings. The molecule has 0 aromatic carbocycles. The predicted octanol–water partition coefficient (Wildman–Crippen LogP) is 0.472. The third-order valence-corrected chi connectivity index (χ3v) is 2.76. The molecule has 6 nitrogen and oxygen atoms in total. The summed E-state index contributed by atoms with van der Waals surface area (Å²) < 4.78 is 39.3. The molecule has 0 unspecified atom stereocenters. The van der Waals surface area contributed by atoms with Crippen LogP contribution in [0.4, 0.5) is 19.0 Å². The van der Waals surface area contributed by atoms with Gasteiger partial charge in [0.15, 0.2) is 11.5 Å². The zero-order valence-electron chi connectivity index (χ0n) is 10.6. The van der Waals surface area contributed by atoms with Gasteiger partial charge in [0.2, 0.25) is 0 Å². The van der Waals surface area contributed by atoms with E-state index in [0.717, 1.165) is 10.6 Å². The van der Waals surface area contributed by atoms with E-state index in [1.807, 2.05) is 0 Å². The number of hydrogen-bond donors (Lipinski definition) is 2. The molecule has 0 aliphatic carbocycles. The van der Waals surface area contributed by atoms with Crippen molar-refractivity contribution in [2.45, 2.75) is 6.18 Å². The SMILES string of the molecule is NCCN(CCN)c1nccn2nc(C(F)(F)F)cc12. The highest BCUT2D eigenvalue weighted by molar-refractivity contribution is 5.69. The predicted molar refractivity (Wildman–Crippen MR) is 68.3 cm³/mol. The minimum Gasteiger partial charge on any atom is -0.352 e. The maximum atomic E-state index is 12.7. The molecule has 0 bridgehead atoms. The fourth-order valence-corrected chi connectivity index (χ4v) is 1.93. The van der Waals surface area contributed by atoms with Crippen LogP contribution in [0.5, 0.6) is 0 Å². The van der Waals surface area contributed by atoms with Crippen LogP contribution in [0.25, 0.3) is 5.52 Å². The standard InChI is InChI=1S/C11H15F3N6/c12-11(13,14)9-7-8-10(17-3-6-20(8)18-9)19(4-1-15)5-2-16/h3,6-7H,1-2,4-5,15-16H2. The Hall–Kier alpha value is -1.87. The monoisotopic (exact) mass is 288 g/mol. The van der Waals surface area contributed by atoms with Crippen LogP contribution in [0.15, 0.2) is 18.5 Å². The molecule has 2 aromatic heterocycles. The van der Waals surface area contributed by atoms with Crippen molar-refractivity contribution in [2.75, 3.05) is 31.1 Å². The second-order valence-corrected chi connectivity index (χ2v) is 4.17. The van der Waals surface area contributed by atoms with Gasteiger partial charge in [-0.3, -0.25) is 0 Å². The Morgan fingerprint density at radius 2 is 1.85 bits per heavy atom. The van der Waals surface area contributed by atoms with Crippen LogP contribution < -0.4 is 16.4 Å². The van der Waals surface area contributed by atoms with Crippen molar-refractivity contribution in [3.8, 4) is 0 Å². The van der Waals surface area contributed by atoms with Crippen LogP contribution in [-0.4, -0.2) is 40.8 Å². The first-order valence-electron chi connectivity index (χ1n) is 6.04. The van der Waals surface area contributed by atoms with E-state index in [9.17, 15) is 13.2 Å².